The Morgan fingerprint density at radius 2 is 1.68 bits per heavy atom. The Kier molecular flexibility index (Phi) is 6.98. The van der Waals surface area contributed by atoms with E-state index in [4.69, 9.17) is 0 Å². The van der Waals surface area contributed by atoms with Gasteiger partial charge in [-0.1, -0.05) is 0 Å². The van der Waals surface area contributed by atoms with E-state index >= 15 is 0 Å². The normalized spacial score (nSPS) is 26.2. The second-order valence-corrected chi connectivity index (χ2v) is 13.3. The summed E-state index contributed by atoms with van der Waals surface area (Å²) in [6.45, 7) is 1.80. The molecule has 0 N–H and O–H groups in total. The third kappa shape index (κ3) is 5.10. The van der Waals surface area contributed by atoms with Gasteiger partial charge in [-0.25, -0.2) is 26.5 Å². The van der Waals surface area contributed by atoms with Crippen molar-refractivity contribution in [3.8, 4) is 0 Å². The molecule has 0 spiro atoms. The van der Waals surface area contributed by atoms with Gasteiger partial charge in [0.1, 0.15) is 17.2 Å². The summed E-state index contributed by atoms with van der Waals surface area (Å²) >= 11 is 0. The van der Waals surface area contributed by atoms with Gasteiger partial charge >= 0.3 is 0 Å². The van der Waals surface area contributed by atoms with Gasteiger partial charge in [0.15, 0.2) is 0 Å². The SMILES string of the molecule is CS(=O)(=O)N1CCC([C@@H](CCN2[C@@H]3CC[C@H]2C[C@@H](n2cnc4cnccc42)C3)c2cc(F)cc(F)c2)CC1. The van der Waals surface area contributed by atoms with E-state index in [1.54, 1.807) is 0 Å². The van der Waals surface area contributed by atoms with E-state index in [-0.39, 0.29) is 11.8 Å². The van der Waals surface area contributed by atoms with Crippen LogP contribution in [0, 0.1) is 17.6 Å². The van der Waals surface area contributed by atoms with Gasteiger partial charge in [-0.3, -0.25) is 9.88 Å². The molecule has 0 aliphatic carbocycles. The van der Waals surface area contributed by atoms with Gasteiger partial charge < -0.3 is 4.57 Å². The maximum absolute atomic E-state index is 14.2. The zero-order valence-electron chi connectivity index (χ0n) is 21.7. The highest BCUT2D eigenvalue weighted by molar-refractivity contribution is 7.88. The van der Waals surface area contributed by atoms with Gasteiger partial charge in [0, 0.05) is 43.5 Å². The highest BCUT2D eigenvalue weighted by Crippen LogP contribution is 2.43. The number of pyridine rings is 1. The van der Waals surface area contributed by atoms with Crippen LogP contribution in [0.4, 0.5) is 8.78 Å². The molecule has 6 rings (SSSR count). The molecule has 2 aromatic heterocycles. The molecule has 10 heteroatoms. The Morgan fingerprint density at radius 1 is 1.00 bits per heavy atom. The molecule has 204 valence electrons. The van der Waals surface area contributed by atoms with Crippen LogP contribution in [0.5, 0.6) is 0 Å². The second kappa shape index (κ2) is 10.3. The first-order valence-corrected chi connectivity index (χ1v) is 15.5. The van der Waals surface area contributed by atoms with Crippen molar-refractivity contribution in [2.75, 3.05) is 25.9 Å². The van der Waals surface area contributed by atoms with Gasteiger partial charge in [-0.2, -0.15) is 0 Å². The Morgan fingerprint density at radius 3 is 2.34 bits per heavy atom. The van der Waals surface area contributed by atoms with Crippen LogP contribution in [0.2, 0.25) is 0 Å². The van der Waals surface area contributed by atoms with Crippen molar-refractivity contribution in [1.29, 1.82) is 0 Å². The Labute approximate surface area is 222 Å². The Bertz CT molecular complexity index is 1370. The molecule has 2 bridgehead atoms. The molecule has 0 unspecified atom stereocenters. The van der Waals surface area contributed by atoms with E-state index in [1.165, 1.54) is 35.5 Å². The zero-order valence-corrected chi connectivity index (χ0v) is 22.5. The molecule has 1 aromatic carbocycles. The third-order valence-electron chi connectivity index (χ3n) is 9.18. The first kappa shape index (κ1) is 25.8. The molecule has 3 aliphatic heterocycles. The fourth-order valence-corrected chi connectivity index (χ4v) is 8.25. The number of sulfonamides is 1. The van der Waals surface area contributed by atoms with Crippen LogP contribution in [0.3, 0.4) is 0 Å². The van der Waals surface area contributed by atoms with Gasteiger partial charge in [-0.15, -0.1) is 0 Å². The minimum absolute atomic E-state index is 0.0101. The predicted molar refractivity (Wildman–Crippen MR) is 142 cm³/mol. The monoisotopic (exact) mass is 543 g/mol. The van der Waals surface area contributed by atoms with Crippen LogP contribution in [0.1, 0.15) is 62.5 Å². The first-order chi connectivity index (χ1) is 18.3. The van der Waals surface area contributed by atoms with E-state index in [9.17, 15) is 17.2 Å². The lowest BCUT2D eigenvalue weighted by Gasteiger charge is -2.41. The van der Waals surface area contributed by atoms with Crippen LogP contribution in [-0.2, 0) is 10.0 Å². The van der Waals surface area contributed by atoms with Crippen molar-refractivity contribution < 1.29 is 17.2 Å². The van der Waals surface area contributed by atoms with Crippen LogP contribution in [-0.4, -0.2) is 70.1 Å². The summed E-state index contributed by atoms with van der Waals surface area (Å²) in [7, 11) is -3.23. The fraction of sp³-hybridized carbons (Fsp3) is 0.571. The Hall–Kier alpha value is -2.43. The maximum atomic E-state index is 14.2. The molecule has 3 aromatic rings. The minimum atomic E-state index is -3.23. The summed E-state index contributed by atoms with van der Waals surface area (Å²) in [5.74, 6) is -0.927. The number of aromatic nitrogens is 3. The Balaban J connectivity index is 1.17. The molecule has 3 fully saturated rings. The number of fused-ring (bicyclic) bond motifs is 3. The van der Waals surface area contributed by atoms with E-state index in [1.807, 2.05) is 24.8 Å². The molecule has 3 aliphatic rings. The van der Waals surface area contributed by atoms with Gasteiger partial charge in [0.25, 0.3) is 0 Å². The summed E-state index contributed by atoms with van der Waals surface area (Å²) in [4.78, 5) is 11.4. The summed E-state index contributed by atoms with van der Waals surface area (Å²) < 4.78 is 56.4. The molecule has 0 radical (unpaired) electrons. The predicted octanol–water partition coefficient (Wildman–Crippen LogP) is 4.72. The lowest BCUT2D eigenvalue weighted by molar-refractivity contribution is 0.0992. The lowest BCUT2D eigenvalue weighted by Crippen LogP contribution is -2.44. The number of piperidine rings is 2. The zero-order chi connectivity index (χ0) is 26.4. The van der Waals surface area contributed by atoms with Crippen LogP contribution in [0.25, 0.3) is 11.0 Å². The molecule has 0 amide bonds. The topological polar surface area (TPSA) is 71.3 Å². The molecule has 4 atom stereocenters. The van der Waals surface area contributed by atoms with Crippen molar-refractivity contribution in [2.24, 2.45) is 5.92 Å². The van der Waals surface area contributed by atoms with Gasteiger partial charge in [0.2, 0.25) is 10.0 Å². The number of nitrogens with zero attached hydrogens (tertiary/aromatic N) is 5. The molecule has 5 heterocycles. The molecule has 3 saturated heterocycles. The maximum Gasteiger partial charge on any atom is 0.211 e. The number of rotatable bonds is 7. The van der Waals surface area contributed by atoms with Crippen LogP contribution >= 0.6 is 0 Å². The third-order valence-corrected chi connectivity index (χ3v) is 10.5. The number of benzene rings is 1. The summed E-state index contributed by atoms with van der Waals surface area (Å²) in [5.41, 5.74) is 2.75. The summed E-state index contributed by atoms with van der Waals surface area (Å²) in [5, 5.41) is 0. The first-order valence-electron chi connectivity index (χ1n) is 13.7. The molecule has 0 saturated carbocycles. The molecule has 7 nitrogen and oxygen atoms in total. The number of halogens is 2. The fourth-order valence-electron chi connectivity index (χ4n) is 7.37. The van der Waals surface area contributed by atoms with Crippen molar-refractivity contribution >= 4 is 21.1 Å². The average Bonchev–Trinajstić information content (AvgIpc) is 3.41. The van der Waals surface area contributed by atoms with E-state index in [0.717, 1.165) is 42.9 Å². The van der Waals surface area contributed by atoms with Gasteiger partial charge in [-0.05, 0) is 87.1 Å². The number of hydrogen-bond donors (Lipinski definition) is 0. The molecular formula is C28H35F2N5O2S. The smallest absolute Gasteiger partial charge is 0.211 e. The quantitative estimate of drug-likeness (QED) is 0.431. The molecular weight excluding hydrogens is 508 g/mol. The van der Waals surface area contributed by atoms with Crippen molar-refractivity contribution in [3.05, 3.63) is 60.2 Å². The summed E-state index contributed by atoms with van der Waals surface area (Å²) in [6.07, 6.45) is 13.5. The molecule has 38 heavy (non-hydrogen) atoms. The highest BCUT2D eigenvalue weighted by Gasteiger charge is 2.42. The van der Waals surface area contributed by atoms with Crippen LogP contribution < -0.4 is 0 Å². The largest absolute Gasteiger partial charge is 0.327 e. The minimum Gasteiger partial charge on any atom is -0.327 e. The van der Waals surface area contributed by atoms with Gasteiger partial charge in [0.05, 0.1) is 24.3 Å². The van der Waals surface area contributed by atoms with Crippen molar-refractivity contribution in [1.82, 2.24) is 23.7 Å². The highest BCUT2D eigenvalue weighted by atomic mass is 32.2. The van der Waals surface area contributed by atoms with E-state index in [2.05, 4.69) is 19.4 Å². The number of imidazole rings is 1. The van der Waals surface area contributed by atoms with E-state index < -0.39 is 21.7 Å². The van der Waals surface area contributed by atoms with Crippen LogP contribution in [0.15, 0.2) is 43.0 Å². The van der Waals surface area contributed by atoms with E-state index in [0.29, 0.717) is 49.6 Å². The van der Waals surface area contributed by atoms with Crippen molar-refractivity contribution in [3.63, 3.8) is 0 Å². The number of hydrogen-bond acceptors (Lipinski definition) is 5. The van der Waals surface area contributed by atoms with Crippen molar-refractivity contribution in [2.45, 2.75) is 69.0 Å². The summed E-state index contributed by atoms with van der Waals surface area (Å²) in [6, 6.07) is 7.27. The lowest BCUT2D eigenvalue weighted by atomic mass is 9.78. The second-order valence-electron chi connectivity index (χ2n) is 11.4. The standard InChI is InChI=1S/C28H35F2N5O2S/c1-38(36,37)33-9-5-19(6-10-33)26(20-12-21(29)14-22(30)13-20)7-11-34-23-2-3-24(34)16-25(15-23)35-18-32-27-17-31-8-4-28(27)35/h4,8,12-14,17-19,23-26H,2-3,5-7,9-11,15-16H2,1H3/t23-,24+,25+,26-/m1/s1. The average molecular weight is 544 g/mol.